The van der Waals surface area contributed by atoms with Crippen molar-refractivity contribution in [3.05, 3.63) is 87.7 Å². The second-order valence-electron chi connectivity index (χ2n) is 6.55. The third kappa shape index (κ3) is 5.85. The van der Waals surface area contributed by atoms with Gasteiger partial charge in [-0.3, -0.25) is 9.52 Å². The van der Waals surface area contributed by atoms with Crippen LogP contribution in [0, 0.1) is 0 Å². The number of nitrogens with zero attached hydrogens (tertiary/aromatic N) is 1. The molecule has 4 rings (SSSR count). The van der Waals surface area contributed by atoms with Crippen LogP contribution in [0.4, 0.5) is 10.8 Å². The maximum absolute atomic E-state index is 12.5. The molecule has 2 N–H and O–H groups in total. The van der Waals surface area contributed by atoms with Crippen molar-refractivity contribution in [3.8, 4) is 5.75 Å². The maximum Gasteiger partial charge on any atom is 0.291 e. The van der Waals surface area contributed by atoms with Gasteiger partial charge in [-0.2, -0.15) is 0 Å². The summed E-state index contributed by atoms with van der Waals surface area (Å²) in [5, 5.41) is 5.43. The van der Waals surface area contributed by atoms with Gasteiger partial charge in [-0.25, -0.2) is 13.4 Å². The first-order chi connectivity index (χ1) is 15.8. The van der Waals surface area contributed by atoms with Gasteiger partial charge in [-0.15, -0.1) is 11.3 Å². The normalized spacial score (nSPS) is 11.2. The summed E-state index contributed by atoms with van der Waals surface area (Å²) in [5.74, 6) is 0.420. The van der Waals surface area contributed by atoms with E-state index in [1.165, 1.54) is 47.9 Å². The fourth-order valence-corrected chi connectivity index (χ4v) is 4.93. The fourth-order valence-electron chi connectivity index (χ4n) is 2.68. The number of thiazole rings is 1. The highest BCUT2D eigenvalue weighted by Gasteiger charge is 2.17. The molecule has 0 fully saturated rings. The van der Waals surface area contributed by atoms with Crippen molar-refractivity contribution < 1.29 is 22.4 Å². The van der Waals surface area contributed by atoms with Gasteiger partial charge in [0.1, 0.15) is 18.1 Å². The van der Waals surface area contributed by atoms with Gasteiger partial charge in [0, 0.05) is 22.3 Å². The number of halogens is 2. The second kappa shape index (κ2) is 9.84. The van der Waals surface area contributed by atoms with E-state index < -0.39 is 15.9 Å². The van der Waals surface area contributed by atoms with Crippen molar-refractivity contribution in [2.75, 3.05) is 10.0 Å². The van der Waals surface area contributed by atoms with Crippen LogP contribution in [0.25, 0.3) is 0 Å². The highest BCUT2D eigenvalue weighted by molar-refractivity contribution is 7.93. The highest BCUT2D eigenvalue weighted by Crippen LogP contribution is 2.28. The van der Waals surface area contributed by atoms with Crippen molar-refractivity contribution in [1.82, 2.24) is 4.98 Å². The van der Waals surface area contributed by atoms with E-state index in [1.807, 2.05) is 0 Å². The summed E-state index contributed by atoms with van der Waals surface area (Å²) in [7, 11) is -3.78. The third-order valence-corrected chi connectivity index (χ3v) is 6.93. The fraction of sp³-hybridized carbons (Fsp3) is 0.0476. The van der Waals surface area contributed by atoms with Gasteiger partial charge in [-0.05, 0) is 54.6 Å². The summed E-state index contributed by atoms with van der Waals surface area (Å²) in [6.07, 6.45) is 1.50. The molecule has 12 heteroatoms. The number of hydrogen-bond acceptors (Lipinski definition) is 7. The predicted octanol–water partition coefficient (Wildman–Crippen LogP) is 5.68. The van der Waals surface area contributed by atoms with Crippen LogP contribution >= 0.6 is 34.5 Å². The molecule has 0 saturated carbocycles. The lowest BCUT2D eigenvalue weighted by Gasteiger charge is -2.07. The Kier molecular flexibility index (Phi) is 6.89. The van der Waals surface area contributed by atoms with Crippen LogP contribution in [0.3, 0.4) is 0 Å². The molecule has 0 atom stereocenters. The van der Waals surface area contributed by atoms with Gasteiger partial charge < -0.3 is 14.5 Å². The number of carbonyl (C=O) groups excluding carboxylic acids is 1. The van der Waals surface area contributed by atoms with Gasteiger partial charge >= 0.3 is 0 Å². The van der Waals surface area contributed by atoms with Gasteiger partial charge in [0.05, 0.1) is 9.92 Å². The lowest BCUT2D eigenvalue weighted by Crippen LogP contribution is -2.13. The summed E-state index contributed by atoms with van der Waals surface area (Å²) < 4.78 is 38.3. The monoisotopic (exact) mass is 523 g/mol. The molecule has 2 heterocycles. The SMILES string of the molecule is O=C(Nc1ccc(S(=O)(=O)Nc2nccs2)cc1)c1ccc(COc2ccc(Cl)cc2Cl)o1. The van der Waals surface area contributed by atoms with E-state index in [1.54, 1.807) is 29.6 Å². The molecular formula is C21H15Cl2N3O5S2. The number of ether oxygens (including phenoxy) is 1. The van der Waals surface area contributed by atoms with E-state index in [2.05, 4.69) is 15.0 Å². The molecule has 0 spiro atoms. The minimum absolute atomic E-state index is 0.0361. The number of nitrogens with one attached hydrogen (secondary N) is 2. The molecule has 2 aromatic carbocycles. The van der Waals surface area contributed by atoms with Gasteiger partial charge in [-0.1, -0.05) is 23.2 Å². The summed E-state index contributed by atoms with van der Waals surface area (Å²) in [6, 6.07) is 13.7. The zero-order valence-electron chi connectivity index (χ0n) is 16.6. The number of aromatic nitrogens is 1. The van der Waals surface area contributed by atoms with Crippen molar-refractivity contribution in [2.45, 2.75) is 11.5 Å². The largest absolute Gasteiger partial charge is 0.484 e. The van der Waals surface area contributed by atoms with Crippen LogP contribution < -0.4 is 14.8 Å². The molecule has 1 amide bonds. The lowest BCUT2D eigenvalue weighted by molar-refractivity contribution is 0.0992. The number of amides is 1. The lowest BCUT2D eigenvalue weighted by atomic mass is 10.3. The summed E-state index contributed by atoms with van der Waals surface area (Å²) in [5.41, 5.74) is 0.398. The third-order valence-electron chi connectivity index (χ3n) is 4.23. The Morgan fingerprint density at radius 3 is 2.58 bits per heavy atom. The number of hydrogen-bond donors (Lipinski definition) is 2. The average molecular weight is 524 g/mol. The van der Waals surface area contributed by atoms with E-state index >= 15 is 0 Å². The van der Waals surface area contributed by atoms with Gasteiger partial charge in [0.2, 0.25) is 0 Å². The Bertz CT molecular complexity index is 1370. The summed E-state index contributed by atoms with van der Waals surface area (Å²) >= 11 is 13.1. The Labute approximate surface area is 203 Å². The minimum atomic E-state index is -3.78. The molecule has 4 aromatic rings. The zero-order chi connectivity index (χ0) is 23.4. The quantitative estimate of drug-likeness (QED) is 0.307. The van der Waals surface area contributed by atoms with Crippen LogP contribution in [0.1, 0.15) is 16.3 Å². The first-order valence-corrected chi connectivity index (χ1v) is 12.4. The molecule has 0 unspecified atom stereocenters. The van der Waals surface area contributed by atoms with Crippen LogP contribution in [-0.2, 0) is 16.6 Å². The average Bonchev–Trinajstić information content (AvgIpc) is 3.45. The number of furan rings is 1. The van der Waals surface area contributed by atoms with E-state index in [9.17, 15) is 13.2 Å². The Hall–Kier alpha value is -3.05. The molecule has 0 saturated heterocycles. The highest BCUT2D eigenvalue weighted by atomic mass is 35.5. The molecule has 0 bridgehead atoms. The minimum Gasteiger partial charge on any atom is -0.484 e. The molecule has 0 aliphatic carbocycles. The number of benzene rings is 2. The van der Waals surface area contributed by atoms with Crippen LogP contribution in [0.5, 0.6) is 5.75 Å². The second-order valence-corrected chi connectivity index (χ2v) is 9.97. The Balaban J connectivity index is 1.36. The summed E-state index contributed by atoms with van der Waals surface area (Å²) in [4.78, 5) is 16.4. The molecule has 8 nitrogen and oxygen atoms in total. The zero-order valence-corrected chi connectivity index (χ0v) is 19.8. The number of sulfonamides is 1. The van der Waals surface area contributed by atoms with E-state index in [4.69, 9.17) is 32.4 Å². The van der Waals surface area contributed by atoms with Gasteiger partial charge in [0.25, 0.3) is 15.9 Å². The van der Waals surface area contributed by atoms with E-state index in [-0.39, 0.29) is 22.4 Å². The van der Waals surface area contributed by atoms with Crippen molar-refractivity contribution >= 4 is 61.3 Å². The van der Waals surface area contributed by atoms with E-state index in [0.717, 1.165) is 0 Å². The first kappa shape index (κ1) is 23.1. The van der Waals surface area contributed by atoms with Crippen molar-refractivity contribution in [3.63, 3.8) is 0 Å². The Morgan fingerprint density at radius 1 is 1.09 bits per heavy atom. The molecule has 0 aliphatic rings. The Morgan fingerprint density at radius 2 is 1.88 bits per heavy atom. The predicted molar refractivity (Wildman–Crippen MR) is 127 cm³/mol. The number of anilines is 2. The number of rotatable bonds is 8. The number of carbonyl (C=O) groups is 1. The standard InChI is InChI=1S/C21H15Cl2N3O5S2/c22-13-1-7-18(17(23)11-13)30-12-15-4-8-19(31-15)20(27)25-14-2-5-16(6-3-14)33(28,29)26-21-24-9-10-32-21/h1-11H,12H2,(H,24,26)(H,25,27). The van der Waals surface area contributed by atoms with Crippen LogP contribution in [0.2, 0.25) is 10.0 Å². The van der Waals surface area contributed by atoms with E-state index in [0.29, 0.717) is 27.2 Å². The van der Waals surface area contributed by atoms with Crippen LogP contribution in [0.15, 0.2) is 75.5 Å². The topological polar surface area (TPSA) is 111 Å². The molecular weight excluding hydrogens is 509 g/mol. The smallest absolute Gasteiger partial charge is 0.291 e. The van der Waals surface area contributed by atoms with Gasteiger partial charge in [0.15, 0.2) is 10.9 Å². The molecule has 33 heavy (non-hydrogen) atoms. The maximum atomic E-state index is 12.5. The summed E-state index contributed by atoms with van der Waals surface area (Å²) in [6.45, 7) is 0.0628. The van der Waals surface area contributed by atoms with Crippen molar-refractivity contribution in [2.24, 2.45) is 0 Å². The molecule has 0 radical (unpaired) electrons. The molecule has 2 aromatic heterocycles. The molecule has 170 valence electrons. The van der Waals surface area contributed by atoms with Crippen LogP contribution in [-0.4, -0.2) is 19.3 Å². The molecule has 0 aliphatic heterocycles. The van der Waals surface area contributed by atoms with Crippen molar-refractivity contribution in [1.29, 1.82) is 0 Å². The first-order valence-electron chi connectivity index (χ1n) is 9.30.